The van der Waals surface area contributed by atoms with Crippen molar-refractivity contribution in [3.63, 3.8) is 0 Å². The van der Waals surface area contributed by atoms with Gasteiger partial charge in [0, 0.05) is 18.0 Å². The Bertz CT molecular complexity index is 497. The summed E-state index contributed by atoms with van der Waals surface area (Å²) in [7, 11) is 2.08. The maximum atomic E-state index is 10.2. The van der Waals surface area contributed by atoms with Gasteiger partial charge in [-0.2, -0.15) is 0 Å². The zero-order valence-electron chi connectivity index (χ0n) is 10.7. The summed E-state index contributed by atoms with van der Waals surface area (Å²) < 4.78 is 5.69. The highest BCUT2D eigenvalue weighted by Gasteiger charge is 2.25. The van der Waals surface area contributed by atoms with Crippen molar-refractivity contribution in [1.82, 2.24) is 4.90 Å². The number of furan rings is 1. The molecule has 1 saturated carbocycles. The smallest absolute Gasteiger partial charge is 0.135 e. The number of hydrogen-bond donors (Lipinski definition) is 1. The maximum absolute atomic E-state index is 10.2. The van der Waals surface area contributed by atoms with Gasteiger partial charge < -0.3 is 14.4 Å². The summed E-state index contributed by atoms with van der Waals surface area (Å²) in [6.07, 6.45) is 3.28. The van der Waals surface area contributed by atoms with Gasteiger partial charge in [0.2, 0.25) is 0 Å². The first-order chi connectivity index (χ1) is 8.74. The molecule has 96 valence electrons. The van der Waals surface area contributed by atoms with Crippen molar-refractivity contribution in [2.75, 3.05) is 13.6 Å². The van der Waals surface area contributed by atoms with Crippen LogP contribution in [0.5, 0.6) is 0 Å². The van der Waals surface area contributed by atoms with Gasteiger partial charge in [-0.25, -0.2) is 0 Å². The standard InChI is InChI=1S/C15H19NO2/c1-16(12-6-4-7-12)10-13(17)15-9-11-5-2-3-8-14(11)18-15/h2-3,5,8-9,12-13,17H,4,6-7,10H2,1H3. The third-order valence-electron chi connectivity index (χ3n) is 3.93. The Labute approximate surface area is 107 Å². The number of para-hydroxylation sites is 1. The van der Waals surface area contributed by atoms with Crippen molar-refractivity contribution in [3.05, 3.63) is 36.1 Å². The van der Waals surface area contributed by atoms with Gasteiger partial charge >= 0.3 is 0 Å². The summed E-state index contributed by atoms with van der Waals surface area (Å²) in [6, 6.07) is 10.4. The number of rotatable bonds is 4. The van der Waals surface area contributed by atoms with Crippen molar-refractivity contribution in [1.29, 1.82) is 0 Å². The molecule has 1 N–H and O–H groups in total. The van der Waals surface area contributed by atoms with Crippen molar-refractivity contribution in [2.45, 2.75) is 31.4 Å². The van der Waals surface area contributed by atoms with Crippen LogP contribution in [0.3, 0.4) is 0 Å². The second-order valence-corrected chi connectivity index (χ2v) is 5.23. The molecule has 1 aromatic carbocycles. The van der Waals surface area contributed by atoms with E-state index in [0.29, 0.717) is 18.3 Å². The minimum Gasteiger partial charge on any atom is -0.458 e. The second-order valence-electron chi connectivity index (χ2n) is 5.23. The minimum absolute atomic E-state index is 0.539. The molecule has 0 bridgehead atoms. The molecule has 18 heavy (non-hydrogen) atoms. The monoisotopic (exact) mass is 245 g/mol. The van der Waals surface area contributed by atoms with Gasteiger partial charge in [-0.3, -0.25) is 0 Å². The van der Waals surface area contributed by atoms with Crippen LogP contribution in [0.15, 0.2) is 34.7 Å². The van der Waals surface area contributed by atoms with E-state index >= 15 is 0 Å². The van der Waals surface area contributed by atoms with Crippen molar-refractivity contribution < 1.29 is 9.52 Å². The van der Waals surface area contributed by atoms with E-state index in [-0.39, 0.29) is 0 Å². The average Bonchev–Trinajstić information content (AvgIpc) is 2.69. The summed E-state index contributed by atoms with van der Waals surface area (Å²) >= 11 is 0. The third kappa shape index (κ3) is 2.16. The fourth-order valence-corrected chi connectivity index (χ4v) is 2.51. The van der Waals surface area contributed by atoms with Gasteiger partial charge in [0.1, 0.15) is 17.4 Å². The quantitative estimate of drug-likeness (QED) is 0.899. The highest BCUT2D eigenvalue weighted by Crippen LogP contribution is 2.27. The Morgan fingerprint density at radius 1 is 1.39 bits per heavy atom. The fourth-order valence-electron chi connectivity index (χ4n) is 2.51. The van der Waals surface area contributed by atoms with E-state index in [2.05, 4.69) is 11.9 Å². The van der Waals surface area contributed by atoms with E-state index in [0.717, 1.165) is 11.0 Å². The molecule has 2 aromatic rings. The Morgan fingerprint density at radius 3 is 2.83 bits per heavy atom. The molecule has 1 aliphatic rings. The molecule has 0 radical (unpaired) electrons. The lowest BCUT2D eigenvalue weighted by molar-refractivity contribution is 0.0662. The fraction of sp³-hybridized carbons (Fsp3) is 0.467. The molecule has 1 atom stereocenters. The molecule has 1 aromatic heterocycles. The molecule has 0 saturated heterocycles. The molecular formula is C15H19NO2. The van der Waals surface area contributed by atoms with Crippen LogP contribution in [0.4, 0.5) is 0 Å². The van der Waals surface area contributed by atoms with Gasteiger partial charge in [-0.1, -0.05) is 24.6 Å². The van der Waals surface area contributed by atoms with E-state index in [1.165, 1.54) is 19.3 Å². The van der Waals surface area contributed by atoms with Crippen molar-refractivity contribution >= 4 is 11.0 Å². The van der Waals surface area contributed by atoms with Crippen molar-refractivity contribution in [3.8, 4) is 0 Å². The van der Waals surface area contributed by atoms with Crippen LogP contribution in [-0.4, -0.2) is 29.6 Å². The molecule has 0 spiro atoms. The largest absolute Gasteiger partial charge is 0.458 e. The molecule has 3 heteroatoms. The summed E-state index contributed by atoms with van der Waals surface area (Å²) in [5, 5.41) is 11.3. The summed E-state index contributed by atoms with van der Waals surface area (Å²) in [4.78, 5) is 2.24. The molecule has 1 aliphatic carbocycles. The van der Waals surface area contributed by atoms with Crippen LogP contribution in [0, 0.1) is 0 Å². The number of nitrogens with zero attached hydrogens (tertiary/aromatic N) is 1. The normalized spacial score (nSPS) is 18.2. The zero-order valence-corrected chi connectivity index (χ0v) is 10.7. The summed E-state index contributed by atoms with van der Waals surface area (Å²) in [5.41, 5.74) is 0.845. The highest BCUT2D eigenvalue weighted by molar-refractivity contribution is 5.77. The lowest BCUT2D eigenvalue weighted by Gasteiger charge is -2.35. The van der Waals surface area contributed by atoms with Crippen LogP contribution in [0.25, 0.3) is 11.0 Å². The van der Waals surface area contributed by atoms with Crippen LogP contribution < -0.4 is 0 Å². The van der Waals surface area contributed by atoms with Crippen LogP contribution in [0.1, 0.15) is 31.1 Å². The van der Waals surface area contributed by atoms with E-state index in [1.54, 1.807) is 0 Å². The van der Waals surface area contributed by atoms with Gasteiger partial charge in [0.15, 0.2) is 0 Å². The van der Waals surface area contributed by atoms with E-state index in [1.807, 2.05) is 30.3 Å². The van der Waals surface area contributed by atoms with E-state index < -0.39 is 6.10 Å². The lowest BCUT2D eigenvalue weighted by atomic mass is 9.91. The van der Waals surface area contributed by atoms with Gasteiger partial charge in [-0.05, 0) is 32.0 Å². The SMILES string of the molecule is CN(CC(O)c1cc2ccccc2o1)C1CCC1. The minimum atomic E-state index is -0.539. The molecule has 1 unspecified atom stereocenters. The van der Waals surface area contributed by atoms with Gasteiger partial charge in [0.25, 0.3) is 0 Å². The predicted molar refractivity (Wildman–Crippen MR) is 71.4 cm³/mol. The average molecular weight is 245 g/mol. The number of hydrogen-bond acceptors (Lipinski definition) is 3. The van der Waals surface area contributed by atoms with Crippen LogP contribution in [0.2, 0.25) is 0 Å². The Kier molecular flexibility index (Phi) is 3.10. The number of aliphatic hydroxyl groups is 1. The molecule has 3 rings (SSSR count). The molecule has 3 nitrogen and oxygen atoms in total. The Balaban J connectivity index is 1.72. The number of likely N-dealkylation sites (N-methyl/N-ethyl adjacent to an activating group) is 1. The third-order valence-corrected chi connectivity index (χ3v) is 3.93. The highest BCUT2D eigenvalue weighted by atomic mass is 16.4. The summed E-state index contributed by atoms with van der Waals surface area (Å²) in [6.45, 7) is 0.643. The first kappa shape index (κ1) is 11.8. The van der Waals surface area contributed by atoms with Gasteiger partial charge in [-0.15, -0.1) is 0 Å². The molecular weight excluding hydrogens is 226 g/mol. The predicted octanol–water partition coefficient (Wildman–Crippen LogP) is 2.95. The first-order valence-corrected chi connectivity index (χ1v) is 6.61. The molecule has 0 aliphatic heterocycles. The van der Waals surface area contributed by atoms with E-state index in [9.17, 15) is 5.11 Å². The van der Waals surface area contributed by atoms with Crippen molar-refractivity contribution in [2.24, 2.45) is 0 Å². The maximum Gasteiger partial charge on any atom is 0.135 e. The van der Waals surface area contributed by atoms with Gasteiger partial charge in [0.05, 0.1) is 0 Å². The Hall–Kier alpha value is -1.32. The number of benzene rings is 1. The summed E-state index contributed by atoms with van der Waals surface area (Å²) in [5.74, 6) is 0.669. The second kappa shape index (κ2) is 4.75. The van der Waals surface area contributed by atoms with Crippen LogP contribution >= 0.6 is 0 Å². The number of aliphatic hydroxyl groups excluding tert-OH is 1. The Morgan fingerprint density at radius 2 is 2.17 bits per heavy atom. The first-order valence-electron chi connectivity index (χ1n) is 6.61. The topological polar surface area (TPSA) is 36.6 Å². The molecule has 0 amide bonds. The zero-order chi connectivity index (χ0) is 12.5. The van der Waals surface area contributed by atoms with Crippen LogP contribution in [-0.2, 0) is 0 Å². The van der Waals surface area contributed by atoms with E-state index in [4.69, 9.17) is 4.42 Å². The molecule has 1 fully saturated rings. The molecule has 1 heterocycles. The number of fused-ring (bicyclic) bond motifs is 1. The lowest BCUT2D eigenvalue weighted by Crippen LogP contribution is -2.39.